The molecule has 2 heteroatoms. The quantitative estimate of drug-likeness (QED) is 0.555. The van der Waals surface area contributed by atoms with E-state index < -0.39 is 0 Å². The van der Waals surface area contributed by atoms with Crippen LogP contribution in [-0.2, 0) is 0 Å². The first kappa shape index (κ1) is 10.5. The second kappa shape index (κ2) is 4.24. The van der Waals surface area contributed by atoms with Crippen LogP contribution >= 0.6 is 0 Å². The summed E-state index contributed by atoms with van der Waals surface area (Å²) in [5.41, 5.74) is 1.80. The second-order valence-electron chi connectivity index (χ2n) is 3.76. The van der Waals surface area contributed by atoms with Gasteiger partial charge in [0.25, 0.3) is 5.91 Å². The van der Waals surface area contributed by atoms with Crippen molar-refractivity contribution in [3.05, 3.63) is 48.0 Å². The first-order valence-corrected chi connectivity index (χ1v) is 5.24. The van der Waals surface area contributed by atoms with Gasteiger partial charge in [-0.1, -0.05) is 24.3 Å². The van der Waals surface area contributed by atoms with E-state index in [1.165, 1.54) is 0 Å². The zero-order chi connectivity index (χ0) is 11.5. The molecule has 0 saturated carbocycles. The standard InChI is InChI=1S/C14H13NO/c1-3-7-13-11-8-5-6-9-12(11)14(16)15(13)10-4-2/h1,4-6,8-9,13H,2,7,10H2. The summed E-state index contributed by atoms with van der Waals surface area (Å²) in [6, 6.07) is 7.64. The Morgan fingerprint density at radius 2 is 2.25 bits per heavy atom. The van der Waals surface area contributed by atoms with Gasteiger partial charge < -0.3 is 4.90 Å². The number of amides is 1. The molecule has 0 aromatic heterocycles. The molecule has 0 saturated heterocycles. The molecule has 2 rings (SSSR count). The predicted molar refractivity (Wildman–Crippen MR) is 63.9 cm³/mol. The van der Waals surface area contributed by atoms with Crippen LogP contribution in [0.1, 0.15) is 28.4 Å². The molecule has 0 spiro atoms. The van der Waals surface area contributed by atoms with Gasteiger partial charge in [0.05, 0.1) is 6.04 Å². The van der Waals surface area contributed by atoms with Gasteiger partial charge in [-0.05, 0) is 11.6 Å². The zero-order valence-corrected chi connectivity index (χ0v) is 9.02. The first-order valence-electron chi connectivity index (χ1n) is 5.24. The Kier molecular flexibility index (Phi) is 2.78. The minimum atomic E-state index is 0.00620. The maximum Gasteiger partial charge on any atom is 0.255 e. The van der Waals surface area contributed by atoms with E-state index in [2.05, 4.69) is 12.5 Å². The average molecular weight is 211 g/mol. The van der Waals surface area contributed by atoms with Crippen LogP contribution in [0, 0.1) is 12.3 Å². The molecule has 1 aromatic rings. The molecule has 2 nitrogen and oxygen atoms in total. The minimum absolute atomic E-state index is 0.00620. The summed E-state index contributed by atoms with van der Waals surface area (Å²) < 4.78 is 0. The van der Waals surface area contributed by atoms with Crippen LogP contribution < -0.4 is 0 Å². The average Bonchev–Trinajstić information content (AvgIpc) is 2.57. The van der Waals surface area contributed by atoms with E-state index in [0.29, 0.717) is 13.0 Å². The van der Waals surface area contributed by atoms with E-state index >= 15 is 0 Å². The monoisotopic (exact) mass is 211 g/mol. The fourth-order valence-corrected chi connectivity index (χ4v) is 2.13. The second-order valence-corrected chi connectivity index (χ2v) is 3.76. The van der Waals surface area contributed by atoms with Crippen LogP contribution in [0.4, 0.5) is 0 Å². The van der Waals surface area contributed by atoms with Gasteiger partial charge >= 0.3 is 0 Å². The SMILES string of the molecule is C#CCC1c2ccccc2C(=O)N1CC=C. The van der Waals surface area contributed by atoms with E-state index in [4.69, 9.17) is 6.42 Å². The molecule has 1 amide bonds. The van der Waals surface area contributed by atoms with Gasteiger partial charge in [0.2, 0.25) is 0 Å². The van der Waals surface area contributed by atoms with Crippen molar-refractivity contribution in [2.75, 3.05) is 6.54 Å². The molecule has 1 aliphatic rings. The summed E-state index contributed by atoms with van der Waals surface area (Å²) >= 11 is 0. The third kappa shape index (κ3) is 1.51. The van der Waals surface area contributed by atoms with Gasteiger partial charge in [-0.25, -0.2) is 0 Å². The van der Waals surface area contributed by atoms with Crippen LogP contribution in [0.15, 0.2) is 36.9 Å². The summed E-state index contributed by atoms with van der Waals surface area (Å²) in [5.74, 6) is 2.68. The molecule has 0 aliphatic carbocycles. The highest BCUT2D eigenvalue weighted by Gasteiger charge is 2.34. The van der Waals surface area contributed by atoms with E-state index in [-0.39, 0.29) is 11.9 Å². The van der Waals surface area contributed by atoms with Crippen LogP contribution in [0.3, 0.4) is 0 Å². The molecule has 1 heterocycles. The molecular weight excluding hydrogens is 198 g/mol. The van der Waals surface area contributed by atoms with Crippen LogP contribution in [0.2, 0.25) is 0 Å². The Labute approximate surface area is 95.6 Å². The number of carbonyl (C=O) groups is 1. The van der Waals surface area contributed by atoms with Crippen LogP contribution in [0.5, 0.6) is 0 Å². The van der Waals surface area contributed by atoms with Crippen molar-refractivity contribution >= 4 is 5.91 Å². The lowest BCUT2D eigenvalue weighted by Gasteiger charge is -2.22. The molecule has 1 aliphatic heterocycles. The number of hydrogen-bond acceptors (Lipinski definition) is 1. The van der Waals surface area contributed by atoms with Gasteiger partial charge in [0.15, 0.2) is 0 Å². The molecule has 1 unspecified atom stereocenters. The topological polar surface area (TPSA) is 20.3 Å². The maximum absolute atomic E-state index is 12.1. The number of carbonyl (C=O) groups excluding carboxylic acids is 1. The van der Waals surface area contributed by atoms with Crippen LogP contribution in [0.25, 0.3) is 0 Å². The Hall–Kier alpha value is -2.01. The molecule has 16 heavy (non-hydrogen) atoms. The lowest BCUT2D eigenvalue weighted by Crippen LogP contribution is -2.27. The smallest absolute Gasteiger partial charge is 0.255 e. The Bertz CT molecular complexity index is 470. The van der Waals surface area contributed by atoms with E-state index in [0.717, 1.165) is 11.1 Å². The Morgan fingerprint density at radius 1 is 1.50 bits per heavy atom. The highest BCUT2D eigenvalue weighted by Crippen LogP contribution is 2.35. The summed E-state index contributed by atoms with van der Waals surface area (Å²) in [4.78, 5) is 13.9. The van der Waals surface area contributed by atoms with Crippen LogP contribution in [-0.4, -0.2) is 17.4 Å². The number of hydrogen-bond donors (Lipinski definition) is 0. The van der Waals surface area contributed by atoms with Gasteiger partial charge in [-0.3, -0.25) is 4.79 Å². The van der Waals surface area contributed by atoms with Crippen molar-refractivity contribution < 1.29 is 4.79 Å². The molecule has 0 N–H and O–H groups in total. The number of benzene rings is 1. The predicted octanol–water partition coefficient (Wildman–Crippen LogP) is 2.39. The lowest BCUT2D eigenvalue weighted by molar-refractivity contribution is 0.0751. The van der Waals surface area contributed by atoms with Gasteiger partial charge in [-0.15, -0.1) is 18.9 Å². The Morgan fingerprint density at radius 3 is 2.94 bits per heavy atom. The minimum Gasteiger partial charge on any atom is -0.327 e. The molecule has 1 aromatic carbocycles. The van der Waals surface area contributed by atoms with Crippen molar-refractivity contribution in [1.29, 1.82) is 0 Å². The van der Waals surface area contributed by atoms with E-state index in [9.17, 15) is 4.79 Å². The molecule has 80 valence electrons. The summed E-state index contributed by atoms with van der Waals surface area (Å²) in [5, 5.41) is 0. The third-order valence-electron chi connectivity index (χ3n) is 2.82. The van der Waals surface area contributed by atoms with Gasteiger partial charge in [0.1, 0.15) is 0 Å². The molecule has 0 radical (unpaired) electrons. The fourth-order valence-electron chi connectivity index (χ4n) is 2.13. The number of terminal acetylenes is 1. The normalized spacial score (nSPS) is 18.1. The maximum atomic E-state index is 12.1. The highest BCUT2D eigenvalue weighted by atomic mass is 16.2. The number of fused-ring (bicyclic) bond motifs is 1. The highest BCUT2D eigenvalue weighted by molar-refractivity contribution is 5.99. The summed E-state index contributed by atoms with van der Waals surface area (Å²) in [7, 11) is 0. The van der Waals surface area contributed by atoms with Crippen molar-refractivity contribution in [3.63, 3.8) is 0 Å². The fraction of sp³-hybridized carbons (Fsp3) is 0.214. The van der Waals surface area contributed by atoms with Crippen molar-refractivity contribution in [2.45, 2.75) is 12.5 Å². The largest absolute Gasteiger partial charge is 0.327 e. The number of nitrogens with zero attached hydrogens (tertiary/aromatic N) is 1. The van der Waals surface area contributed by atoms with Gasteiger partial charge in [-0.2, -0.15) is 0 Å². The zero-order valence-electron chi connectivity index (χ0n) is 9.02. The van der Waals surface area contributed by atoms with Gasteiger partial charge in [0, 0.05) is 18.5 Å². The van der Waals surface area contributed by atoms with Crippen molar-refractivity contribution in [1.82, 2.24) is 4.90 Å². The number of rotatable bonds is 3. The third-order valence-corrected chi connectivity index (χ3v) is 2.82. The molecule has 0 bridgehead atoms. The molecular formula is C14H13NO. The first-order chi connectivity index (χ1) is 7.79. The molecule has 0 fully saturated rings. The Balaban J connectivity index is 2.43. The van der Waals surface area contributed by atoms with E-state index in [1.54, 1.807) is 11.0 Å². The summed E-state index contributed by atoms with van der Waals surface area (Å²) in [6.45, 7) is 4.21. The molecule has 1 atom stereocenters. The van der Waals surface area contributed by atoms with Crippen molar-refractivity contribution in [2.24, 2.45) is 0 Å². The van der Waals surface area contributed by atoms with Crippen molar-refractivity contribution in [3.8, 4) is 12.3 Å². The van der Waals surface area contributed by atoms with E-state index in [1.807, 2.05) is 24.3 Å². The lowest BCUT2D eigenvalue weighted by atomic mass is 10.0. The summed E-state index contributed by atoms with van der Waals surface area (Å²) in [6.07, 6.45) is 7.64.